The van der Waals surface area contributed by atoms with E-state index in [2.05, 4.69) is 43.9 Å². The number of thiol groups is 1. The van der Waals surface area contributed by atoms with E-state index in [1.165, 1.54) is 4.90 Å². The highest BCUT2D eigenvalue weighted by Crippen LogP contribution is 2.20. The predicted octanol–water partition coefficient (Wildman–Crippen LogP) is -0.980. The zero-order valence-corrected chi connectivity index (χ0v) is 30.9. The number of carbonyl (C=O) groups excluding carboxylic acids is 4. The van der Waals surface area contributed by atoms with Gasteiger partial charge in [0.05, 0.1) is 38.5 Å². The van der Waals surface area contributed by atoms with Crippen molar-refractivity contribution in [2.75, 3.05) is 45.3 Å². The lowest BCUT2D eigenvalue weighted by molar-refractivity contribution is -0.145. The predicted molar refractivity (Wildman–Crippen MR) is 198 cm³/mol. The van der Waals surface area contributed by atoms with Crippen LogP contribution in [0.15, 0.2) is 41.5 Å². The Bertz CT molecular complexity index is 1510. The van der Waals surface area contributed by atoms with Gasteiger partial charge in [0.15, 0.2) is 5.96 Å². The van der Waals surface area contributed by atoms with Crippen molar-refractivity contribution < 1.29 is 38.6 Å². The Morgan fingerprint density at radius 1 is 1.02 bits per heavy atom. The van der Waals surface area contributed by atoms with Crippen molar-refractivity contribution in [3.8, 4) is 0 Å². The molecule has 0 aliphatic carbocycles. The van der Waals surface area contributed by atoms with Gasteiger partial charge < -0.3 is 46.9 Å². The summed E-state index contributed by atoms with van der Waals surface area (Å²) in [7, 11) is 0. The van der Waals surface area contributed by atoms with E-state index in [9.17, 15) is 29.1 Å². The van der Waals surface area contributed by atoms with E-state index in [4.69, 9.17) is 20.9 Å². The van der Waals surface area contributed by atoms with Gasteiger partial charge in [-0.25, -0.2) is 9.48 Å². The van der Waals surface area contributed by atoms with E-state index in [0.717, 1.165) is 12.0 Å². The number of nitrogens with zero attached hydrogens (tertiary/aromatic N) is 5. The molecule has 2 heterocycles. The van der Waals surface area contributed by atoms with Gasteiger partial charge in [-0.3, -0.25) is 24.2 Å². The molecule has 0 radical (unpaired) electrons. The van der Waals surface area contributed by atoms with Gasteiger partial charge >= 0.3 is 5.97 Å². The number of amides is 4. The third-order valence-corrected chi connectivity index (χ3v) is 8.61. The van der Waals surface area contributed by atoms with Crippen LogP contribution in [0.1, 0.15) is 50.3 Å². The molecule has 53 heavy (non-hydrogen) atoms. The molecule has 8 N–H and O–H groups in total. The molecule has 1 aromatic carbocycles. The number of carbonyl (C=O) groups is 5. The van der Waals surface area contributed by atoms with Crippen molar-refractivity contribution in [1.29, 1.82) is 0 Å². The number of guanidine groups is 1. The zero-order valence-electron chi connectivity index (χ0n) is 30.0. The molecule has 19 heteroatoms. The Kier molecular flexibility index (Phi) is 18.5. The molecule has 1 fully saturated rings. The van der Waals surface area contributed by atoms with Crippen LogP contribution in [0.25, 0.3) is 0 Å². The first-order valence-electron chi connectivity index (χ1n) is 17.7. The van der Waals surface area contributed by atoms with E-state index in [1.54, 1.807) is 35.1 Å². The minimum Gasteiger partial charge on any atom is -0.480 e. The van der Waals surface area contributed by atoms with E-state index in [-0.39, 0.29) is 44.1 Å². The fourth-order valence-electron chi connectivity index (χ4n) is 5.61. The van der Waals surface area contributed by atoms with Gasteiger partial charge in [-0.05, 0) is 37.7 Å². The summed E-state index contributed by atoms with van der Waals surface area (Å²) >= 11 is 4.28. The SMILES string of the molecule is CCCOCCOCCn1cc(CC(=O)N[C@@H](CS)C(=O)N[C@@H](Cc2ccccc2)C(=O)N2CCC[C@H]2C(=O)N[C@@H](CCCN=C(N)N)C(=O)O)nn1. The number of carboxylic acids is 1. The third-order valence-electron chi connectivity index (χ3n) is 8.24. The van der Waals surface area contributed by atoms with E-state index >= 15 is 0 Å². The van der Waals surface area contributed by atoms with Crippen molar-refractivity contribution in [3.05, 3.63) is 47.8 Å². The van der Waals surface area contributed by atoms with Crippen molar-refractivity contribution in [3.63, 3.8) is 0 Å². The maximum Gasteiger partial charge on any atom is 0.326 e. The molecule has 292 valence electrons. The van der Waals surface area contributed by atoms with Crippen LogP contribution in [0.5, 0.6) is 0 Å². The third kappa shape index (κ3) is 15.0. The summed E-state index contributed by atoms with van der Waals surface area (Å²) in [5, 5.41) is 25.7. The molecule has 0 bridgehead atoms. The summed E-state index contributed by atoms with van der Waals surface area (Å²) in [6.07, 6.45) is 3.71. The molecule has 1 saturated heterocycles. The first-order chi connectivity index (χ1) is 25.5. The zero-order chi connectivity index (χ0) is 38.6. The number of nitrogens with one attached hydrogen (secondary N) is 3. The Morgan fingerprint density at radius 3 is 2.43 bits per heavy atom. The molecular formula is C34H52N10O8S. The number of hydrogen-bond acceptors (Lipinski definition) is 11. The number of hydrogen-bond donors (Lipinski definition) is 7. The quantitative estimate of drug-likeness (QED) is 0.0295. The standard InChI is InChI=1S/C34H52N10O8S/c1-2-15-51-17-18-52-16-14-43-21-24(41-42-43)20-29(45)38-27(22-53)30(46)40-26(19-23-8-4-3-5-9-23)32(48)44-13-7-11-28(44)31(47)39-25(33(49)50)10-6-12-37-34(35)36/h3-5,8-9,21,25-28,53H,2,6-7,10-20,22H2,1H3,(H,38,45)(H,39,47)(H,40,46)(H,49,50)(H4,35,36,37)/t25-,26-,27-,28-/m0/s1. The van der Waals surface area contributed by atoms with Gasteiger partial charge in [0.25, 0.3) is 0 Å². The fraction of sp³-hybridized carbons (Fsp3) is 0.588. The second-order valence-electron chi connectivity index (χ2n) is 12.5. The highest BCUT2D eigenvalue weighted by atomic mass is 32.1. The van der Waals surface area contributed by atoms with Crippen LogP contribution >= 0.6 is 12.6 Å². The number of carboxylic acid groups (broad SMARTS) is 1. The lowest BCUT2D eigenvalue weighted by Gasteiger charge is -2.30. The first kappa shape index (κ1) is 42.7. The van der Waals surface area contributed by atoms with Gasteiger partial charge in [-0.2, -0.15) is 12.6 Å². The molecule has 1 aliphatic rings. The molecule has 0 spiro atoms. The fourth-order valence-corrected chi connectivity index (χ4v) is 5.87. The van der Waals surface area contributed by atoms with Crippen molar-refractivity contribution in [2.45, 2.75) is 82.6 Å². The molecule has 1 aliphatic heterocycles. The molecule has 1 aromatic heterocycles. The summed E-state index contributed by atoms with van der Waals surface area (Å²) < 4.78 is 12.5. The van der Waals surface area contributed by atoms with Gasteiger partial charge in [0.2, 0.25) is 23.6 Å². The summed E-state index contributed by atoms with van der Waals surface area (Å²) in [6, 6.07) is 4.67. The summed E-state index contributed by atoms with van der Waals surface area (Å²) in [6.45, 7) is 4.92. The number of rotatable bonds is 24. The van der Waals surface area contributed by atoms with Crippen LogP contribution in [0.3, 0.4) is 0 Å². The smallest absolute Gasteiger partial charge is 0.326 e. The molecule has 4 amide bonds. The minimum absolute atomic E-state index is 0.0652. The molecule has 18 nitrogen and oxygen atoms in total. The van der Waals surface area contributed by atoms with Crippen LogP contribution in [0.4, 0.5) is 0 Å². The Morgan fingerprint density at radius 2 is 1.75 bits per heavy atom. The number of aliphatic imine (C=N–C) groups is 1. The van der Waals surface area contributed by atoms with Crippen molar-refractivity contribution in [1.82, 2.24) is 35.8 Å². The average Bonchev–Trinajstić information content (AvgIpc) is 3.81. The number of nitrogens with two attached hydrogens (primary N) is 2. The van der Waals surface area contributed by atoms with Crippen LogP contribution in [-0.4, -0.2) is 130 Å². The second kappa shape index (κ2) is 23.0. The first-order valence-corrected chi connectivity index (χ1v) is 18.3. The van der Waals surface area contributed by atoms with Crippen molar-refractivity contribution in [2.24, 2.45) is 16.5 Å². The maximum atomic E-state index is 14.1. The normalized spacial score (nSPS) is 15.6. The van der Waals surface area contributed by atoms with Crippen LogP contribution in [-0.2, 0) is 52.8 Å². The topological polar surface area (TPSA) is 258 Å². The summed E-state index contributed by atoms with van der Waals surface area (Å²) in [5.74, 6) is -3.68. The highest BCUT2D eigenvalue weighted by Gasteiger charge is 2.39. The van der Waals surface area contributed by atoms with E-state index in [1.807, 2.05) is 13.0 Å². The van der Waals surface area contributed by atoms with E-state index < -0.39 is 53.8 Å². The van der Waals surface area contributed by atoms with Gasteiger partial charge in [0, 0.05) is 38.1 Å². The monoisotopic (exact) mass is 760 g/mol. The molecule has 3 rings (SSSR count). The minimum atomic E-state index is -1.23. The highest BCUT2D eigenvalue weighted by molar-refractivity contribution is 7.80. The van der Waals surface area contributed by atoms with Crippen LogP contribution < -0.4 is 27.4 Å². The van der Waals surface area contributed by atoms with Gasteiger partial charge in [-0.15, -0.1) is 5.10 Å². The lowest BCUT2D eigenvalue weighted by Crippen LogP contribution is -2.58. The Balaban J connectivity index is 1.62. The largest absolute Gasteiger partial charge is 0.480 e. The number of aliphatic carboxylic acids is 1. The molecule has 2 aromatic rings. The van der Waals surface area contributed by atoms with Crippen LogP contribution in [0.2, 0.25) is 0 Å². The second-order valence-corrected chi connectivity index (χ2v) is 12.8. The number of ether oxygens (including phenoxy) is 2. The summed E-state index contributed by atoms with van der Waals surface area (Å²) in [4.78, 5) is 71.0. The van der Waals surface area contributed by atoms with Crippen LogP contribution in [0, 0.1) is 0 Å². The maximum absolute atomic E-state index is 14.1. The number of benzene rings is 1. The molecule has 0 unspecified atom stereocenters. The number of likely N-dealkylation sites (tertiary alicyclic amines) is 1. The molecular weight excluding hydrogens is 709 g/mol. The number of aromatic nitrogens is 3. The summed E-state index contributed by atoms with van der Waals surface area (Å²) in [5.41, 5.74) is 11.8. The Labute approximate surface area is 314 Å². The lowest BCUT2D eigenvalue weighted by atomic mass is 10.0. The average molecular weight is 761 g/mol. The van der Waals surface area contributed by atoms with Gasteiger partial charge in [0.1, 0.15) is 24.2 Å². The van der Waals surface area contributed by atoms with E-state index in [0.29, 0.717) is 57.9 Å². The van der Waals surface area contributed by atoms with Gasteiger partial charge in [-0.1, -0.05) is 42.5 Å². The molecule has 0 saturated carbocycles. The Hall–Kier alpha value is -4.75. The molecule has 4 atom stereocenters. The van der Waals surface area contributed by atoms with Crippen molar-refractivity contribution >= 4 is 48.2 Å².